The molecule has 8 heteroatoms. The Labute approximate surface area is 164 Å². The Kier molecular flexibility index (Phi) is 5.07. The highest BCUT2D eigenvalue weighted by atomic mass is 32.2. The Morgan fingerprint density at radius 2 is 1.57 bits per heavy atom. The maximum Gasteiger partial charge on any atom is 0.243 e. The van der Waals surface area contributed by atoms with Crippen LogP contribution in [0.15, 0.2) is 47.4 Å². The van der Waals surface area contributed by atoms with Gasteiger partial charge in [-0.05, 0) is 48.6 Å². The number of amides is 2. The fraction of sp³-hybridized carbons (Fsp3) is 0.400. The van der Waals surface area contributed by atoms with E-state index in [-0.39, 0.29) is 29.2 Å². The molecule has 2 aromatic rings. The molecular formula is C20H23N3O4S. The zero-order valence-corrected chi connectivity index (χ0v) is 16.2. The average Bonchev–Trinajstić information content (AvgIpc) is 3.57. The first-order valence-corrected chi connectivity index (χ1v) is 11.0. The summed E-state index contributed by atoms with van der Waals surface area (Å²) in [5.74, 6) is -1.00. The molecule has 1 aliphatic carbocycles. The van der Waals surface area contributed by atoms with Gasteiger partial charge in [-0.15, -0.1) is 0 Å². The first-order chi connectivity index (χ1) is 13.4. The van der Waals surface area contributed by atoms with E-state index in [1.165, 1.54) is 4.31 Å². The molecule has 0 unspecified atom stereocenters. The number of fused-ring (bicyclic) bond motifs is 1. The second kappa shape index (κ2) is 7.52. The van der Waals surface area contributed by atoms with E-state index in [9.17, 15) is 18.0 Å². The lowest BCUT2D eigenvalue weighted by Gasteiger charge is -2.31. The van der Waals surface area contributed by atoms with Crippen LogP contribution in [0.4, 0.5) is 0 Å². The first kappa shape index (κ1) is 18.9. The third-order valence-electron chi connectivity index (χ3n) is 5.37. The van der Waals surface area contributed by atoms with Crippen molar-refractivity contribution in [3.63, 3.8) is 0 Å². The molecule has 1 aliphatic heterocycles. The molecule has 1 saturated heterocycles. The van der Waals surface area contributed by atoms with Crippen molar-refractivity contribution in [2.45, 2.75) is 30.6 Å². The van der Waals surface area contributed by atoms with Crippen LogP contribution in [-0.4, -0.2) is 37.6 Å². The summed E-state index contributed by atoms with van der Waals surface area (Å²) >= 11 is 0. The Bertz CT molecular complexity index is 1020. The fourth-order valence-electron chi connectivity index (χ4n) is 3.52. The maximum atomic E-state index is 13.1. The number of hydrazine groups is 1. The van der Waals surface area contributed by atoms with Crippen molar-refractivity contribution in [1.29, 1.82) is 0 Å². The lowest BCUT2D eigenvalue weighted by Crippen LogP contribution is -2.50. The van der Waals surface area contributed by atoms with Crippen molar-refractivity contribution in [3.05, 3.63) is 42.5 Å². The molecule has 2 aromatic carbocycles. The lowest BCUT2D eigenvalue weighted by atomic mass is 9.99. The summed E-state index contributed by atoms with van der Waals surface area (Å²) < 4.78 is 27.5. The molecule has 1 atom stereocenters. The number of carbonyl (C=O) groups is 2. The molecule has 0 aromatic heterocycles. The summed E-state index contributed by atoms with van der Waals surface area (Å²) in [6, 6.07) is 12.7. The number of hydrogen-bond donors (Lipinski definition) is 2. The third-order valence-corrected chi connectivity index (χ3v) is 7.23. The zero-order chi connectivity index (χ0) is 19.7. The van der Waals surface area contributed by atoms with E-state index in [0.717, 1.165) is 23.6 Å². The van der Waals surface area contributed by atoms with Gasteiger partial charge in [0.1, 0.15) is 0 Å². The van der Waals surface area contributed by atoms with Crippen molar-refractivity contribution >= 4 is 32.6 Å². The molecule has 7 nitrogen and oxygen atoms in total. The van der Waals surface area contributed by atoms with E-state index in [2.05, 4.69) is 10.9 Å². The summed E-state index contributed by atoms with van der Waals surface area (Å²) in [7, 11) is -3.69. The number of nitrogens with one attached hydrogen (secondary N) is 2. The molecule has 2 fully saturated rings. The van der Waals surface area contributed by atoms with E-state index in [1.807, 2.05) is 24.3 Å². The molecule has 2 aliphatic rings. The van der Waals surface area contributed by atoms with E-state index < -0.39 is 15.9 Å². The standard InChI is InChI=1S/C20H23N3O4S/c24-19(15-7-8-15)21-22-20(25)17-6-3-11-23(13-17)28(26,27)18-10-9-14-4-1-2-5-16(14)12-18/h1-2,4-5,9-10,12,15,17H,3,6-8,11,13H2,(H,21,24)(H,22,25)/t17-/m1/s1. The summed E-state index contributed by atoms with van der Waals surface area (Å²) in [6.45, 7) is 0.494. The average molecular weight is 401 g/mol. The van der Waals surface area contributed by atoms with Gasteiger partial charge in [0.2, 0.25) is 21.8 Å². The molecule has 2 N–H and O–H groups in total. The number of benzene rings is 2. The second-order valence-electron chi connectivity index (χ2n) is 7.46. The summed E-state index contributed by atoms with van der Waals surface area (Å²) in [4.78, 5) is 24.3. The van der Waals surface area contributed by atoms with Crippen molar-refractivity contribution in [2.75, 3.05) is 13.1 Å². The molecule has 148 valence electrons. The predicted octanol–water partition coefficient (Wildman–Crippen LogP) is 1.80. The molecule has 28 heavy (non-hydrogen) atoms. The van der Waals surface area contributed by atoms with Crippen molar-refractivity contribution in [1.82, 2.24) is 15.2 Å². The van der Waals surface area contributed by atoms with Gasteiger partial charge in [0.05, 0.1) is 10.8 Å². The molecule has 1 heterocycles. The lowest BCUT2D eigenvalue weighted by molar-refractivity contribution is -0.132. The molecule has 1 saturated carbocycles. The van der Waals surface area contributed by atoms with Gasteiger partial charge in [-0.25, -0.2) is 8.42 Å². The van der Waals surface area contributed by atoms with Crippen molar-refractivity contribution in [2.24, 2.45) is 11.8 Å². The van der Waals surface area contributed by atoms with E-state index >= 15 is 0 Å². The van der Waals surface area contributed by atoms with Gasteiger partial charge in [-0.2, -0.15) is 4.31 Å². The quantitative estimate of drug-likeness (QED) is 0.764. The first-order valence-electron chi connectivity index (χ1n) is 9.54. The number of carbonyl (C=O) groups excluding carboxylic acids is 2. The van der Waals surface area contributed by atoms with Crippen molar-refractivity contribution in [3.8, 4) is 0 Å². The molecule has 0 bridgehead atoms. The topological polar surface area (TPSA) is 95.6 Å². The van der Waals surface area contributed by atoms with Gasteiger partial charge >= 0.3 is 0 Å². The smallest absolute Gasteiger partial charge is 0.243 e. The Morgan fingerprint density at radius 3 is 2.29 bits per heavy atom. The molecule has 0 spiro atoms. The minimum atomic E-state index is -3.69. The maximum absolute atomic E-state index is 13.1. The number of hydrogen-bond acceptors (Lipinski definition) is 4. The van der Waals surface area contributed by atoms with Crippen LogP contribution in [0.3, 0.4) is 0 Å². The van der Waals surface area contributed by atoms with Crippen LogP contribution in [-0.2, 0) is 19.6 Å². The van der Waals surface area contributed by atoms with Crippen LogP contribution in [0.25, 0.3) is 10.8 Å². The predicted molar refractivity (Wildman–Crippen MR) is 104 cm³/mol. The van der Waals surface area contributed by atoms with Crippen LogP contribution < -0.4 is 10.9 Å². The third kappa shape index (κ3) is 3.88. The van der Waals surface area contributed by atoms with Crippen molar-refractivity contribution < 1.29 is 18.0 Å². The van der Waals surface area contributed by atoms with Gasteiger partial charge in [0, 0.05) is 19.0 Å². The molecule has 2 amide bonds. The van der Waals surface area contributed by atoms with Crippen LogP contribution in [0.2, 0.25) is 0 Å². The van der Waals surface area contributed by atoms with Crippen LogP contribution >= 0.6 is 0 Å². The van der Waals surface area contributed by atoms with Gasteiger partial charge in [0.15, 0.2) is 0 Å². The van der Waals surface area contributed by atoms with Crippen LogP contribution in [0.1, 0.15) is 25.7 Å². The van der Waals surface area contributed by atoms with E-state index in [1.54, 1.807) is 18.2 Å². The highest BCUT2D eigenvalue weighted by molar-refractivity contribution is 7.89. The fourth-order valence-corrected chi connectivity index (χ4v) is 5.08. The molecule has 4 rings (SSSR count). The summed E-state index contributed by atoms with van der Waals surface area (Å²) in [5, 5.41) is 1.83. The normalized spacial score (nSPS) is 20.6. The molecular weight excluding hydrogens is 378 g/mol. The minimum Gasteiger partial charge on any atom is -0.273 e. The second-order valence-corrected chi connectivity index (χ2v) is 9.40. The van der Waals surface area contributed by atoms with Gasteiger partial charge < -0.3 is 0 Å². The number of sulfonamides is 1. The monoisotopic (exact) mass is 401 g/mol. The number of nitrogens with zero attached hydrogens (tertiary/aromatic N) is 1. The Balaban J connectivity index is 1.46. The number of rotatable bonds is 4. The summed E-state index contributed by atoms with van der Waals surface area (Å²) in [6.07, 6.45) is 2.89. The highest BCUT2D eigenvalue weighted by Gasteiger charge is 2.34. The Hall–Kier alpha value is -2.45. The molecule has 0 radical (unpaired) electrons. The van der Waals surface area contributed by atoms with Gasteiger partial charge in [-0.3, -0.25) is 20.4 Å². The highest BCUT2D eigenvalue weighted by Crippen LogP contribution is 2.29. The SMILES string of the molecule is O=C(NNC(=O)[C@@H]1CCCN(S(=O)(=O)c2ccc3ccccc3c2)C1)C1CC1. The Morgan fingerprint density at radius 1 is 0.893 bits per heavy atom. The van der Waals surface area contributed by atoms with Gasteiger partial charge in [0.25, 0.3) is 0 Å². The van der Waals surface area contributed by atoms with Crippen LogP contribution in [0.5, 0.6) is 0 Å². The van der Waals surface area contributed by atoms with E-state index in [4.69, 9.17) is 0 Å². The zero-order valence-electron chi connectivity index (χ0n) is 15.4. The number of piperidine rings is 1. The van der Waals surface area contributed by atoms with E-state index in [0.29, 0.717) is 19.4 Å². The largest absolute Gasteiger partial charge is 0.273 e. The minimum absolute atomic E-state index is 0.00330. The summed E-state index contributed by atoms with van der Waals surface area (Å²) in [5.41, 5.74) is 4.89. The van der Waals surface area contributed by atoms with Crippen LogP contribution in [0, 0.1) is 11.8 Å². The van der Waals surface area contributed by atoms with Gasteiger partial charge in [-0.1, -0.05) is 30.3 Å².